The Morgan fingerprint density at radius 2 is 1.08 bits per heavy atom. The molecule has 0 aromatic carbocycles. The lowest BCUT2D eigenvalue weighted by Crippen LogP contribution is -2.68. The number of carboxylic acids is 1. The van der Waals surface area contributed by atoms with Crippen LogP contribution in [0.1, 0.15) is 113 Å². The minimum atomic E-state index is -2.13. The van der Waals surface area contributed by atoms with Crippen molar-refractivity contribution in [3.63, 3.8) is 0 Å². The average Bonchev–Trinajstić information content (AvgIpc) is 0.711. The van der Waals surface area contributed by atoms with Gasteiger partial charge in [0, 0.05) is 10.8 Å². The quantitative estimate of drug-likeness (QED) is 0.0608. The number of fused-ring (bicyclic) bond motifs is 7. The van der Waals surface area contributed by atoms with E-state index in [0.29, 0.717) is 32.1 Å². The molecule has 10 rings (SSSR count). The molecule has 4 saturated carbocycles. The predicted molar refractivity (Wildman–Crippen MR) is 290 cm³/mol. The van der Waals surface area contributed by atoms with E-state index in [2.05, 4.69) is 47.6 Å². The van der Waals surface area contributed by atoms with Crippen LogP contribution in [0.3, 0.4) is 0 Å². The SMILES string of the molecule is C[C@@H]1O[C@@H](O[C@H]2[C@H](O[C@H]3[C@H](O[C@H]4CC[C@@]5(C)C(CC[C@]6(C)[C@@H]5CC=C5[C@@H]7CC(C)(C)C[C@@H](O[C@@H]8OC[C@@H](O)[C@H](O)[C@H]8O[C@@H]8O[C@H](CO)[C@@H](O)[C@H](O)[C@H]8O)[C@]7(C)CC[C@]56C)[C@@]4(C)CO)O[C@H](C(=O)O)[C@@H](O)[C@@H]3O)O[C@H](CO)[C@H](O)[C@@H]2O)[C@H](O)[C@H](O)[C@H]1O. The largest absolute Gasteiger partial charge is 0.479 e. The van der Waals surface area contributed by atoms with Crippen LogP contribution in [0.5, 0.6) is 0 Å². The van der Waals surface area contributed by atoms with Crippen LogP contribution < -0.4 is 0 Å². The normalized spacial score (nSPS) is 55.7. The van der Waals surface area contributed by atoms with Crippen molar-refractivity contribution in [3.8, 4) is 0 Å². The van der Waals surface area contributed by atoms with Gasteiger partial charge in [-0.1, -0.05) is 60.1 Å². The summed E-state index contributed by atoms with van der Waals surface area (Å²) in [7, 11) is 0. The molecule has 5 heterocycles. The van der Waals surface area contributed by atoms with E-state index in [0.717, 1.165) is 25.7 Å². The second-order valence-corrected chi connectivity index (χ2v) is 28.8. The standard InChI is InChI=1S/C59H96O27/c1-23-33(64)37(68)42(73)49(78-23)85-46-39(70)36(67)28(20-61)80-52(46)86-47-41(72)40(71)44(48(75)76)83-53(47)81-31-12-13-56(5)29(57(31,6)22-62)11-14-59(8)30(56)10-9-24-25-17-54(2,3)18-32(55(25,4)15-16-58(24,59)7)82-51-45(34(65)26(63)21-77-51)84-50-43(74)38(69)35(66)27(19-60)79-50/h9,23,25-47,49-53,60-74H,10-22H2,1-8H3,(H,75,76)/t23-,25-,26+,27+,28+,29?,30+,31-,32+,33-,34-,35+,36-,37+,38-,39-,40-,41-,42+,43+,44-,45+,46+,47+,49-,50-,51-,52-,53+,55+,56-,57+,58+,59+/m0/s1. The van der Waals surface area contributed by atoms with Crippen molar-refractivity contribution in [2.75, 3.05) is 26.4 Å². The Bertz CT molecular complexity index is 2400. The van der Waals surface area contributed by atoms with Crippen LogP contribution in [-0.2, 0) is 52.2 Å². The van der Waals surface area contributed by atoms with Crippen molar-refractivity contribution >= 4 is 5.97 Å². The van der Waals surface area contributed by atoms with Gasteiger partial charge in [-0.2, -0.15) is 0 Å². The molecule has 0 aromatic heterocycles. The van der Waals surface area contributed by atoms with E-state index in [1.54, 1.807) is 0 Å². The topological polar surface area (TPSA) is 433 Å². The van der Waals surface area contributed by atoms with Gasteiger partial charge < -0.3 is 129 Å². The van der Waals surface area contributed by atoms with Gasteiger partial charge in [-0.25, -0.2) is 4.79 Å². The molecule has 5 aliphatic carbocycles. The monoisotopic (exact) mass is 1240 g/mol. The van der Waals surface area contributed by atoms with Gasteiger partial charge in [-0.15, -0.1) is 0 Å². The van der Waals surface area contributed by atoms with Crippen LogP contribution in [0.15, 0.2) is 11.6 Å². The first kappa shape index (κ1) is 67.1. The summed E-state index contributed by atoms with van der Waals surface area (Å²) < 4.78 is 61.3. The molecule has 5 saturated heterocycles. The number of hydrogen-bond donors (Lipinski definition) is 16. The van der Waals surface area contributed by atoms with E-state index in [4.69, 9.17) is 47.4 Å². The molecule has 494 valence electrons. The first-order chi connectivity index (χ1) is 40.2. The van der Waals surface area contributed by atoms with Gasteiger partial charge in [0.1, 0.15) is 104 Å². The fourth-order valence-electron chi connectivity index (χ4n) is 17.8. The molecule has 27 heteroatoms. The number of allylic oxidation sites excluding steroid dienone is 2. The Kier molecular flexibility index (Phi) is 19.2. The Morgan fingerprint density at radius 1 is 0.535 bits per heavy atom. The molecule has 0 aromatic rings. The second kappa shape index (κ2) is 24.6. The van der Waals surface area contributed by atoms with E-state index in [1.807, 2.05) is 6.92 Å². The van der Waals surface area contributed by atoms with Gasteiger partial charge in [-0.05, 0) is 104 Å². The summed E-state index contributed by atoms with van der Waals surface area (Å²) >= 11 is 0. The van der Waals surface area contributed by atoms with Crippen molar-refractivity contribution in [2.24, 2.45) is 50.2 Å². The number of hydrogen-bond acceptors (Lipinski definition) is 26. The van der Waals surface area contributed by atoms with E-state index in [1.165, 1.54) is 12.5 Å². The number of aliphatic hydroxyl groups excluding tert-OH is 15. The summed E-state index contributed by atoms with van der Waals surface area (Å²) in [4.78, 5) is 12.6. The van der Waals surface area contributed by atoms with Gasteiger partial charge >= 0.3 is 5.97 Å². The number of carbonyl (C=O) groups is 1. The lowest BCUT2D eigenvalue weighted by Gasteiger charge is -2.72. The molecule has 27 nitrogen and oxygen atoms in total. The van der Waals surface area contributed by atoms with Crippen molar-refractivity contribution in [2.45, 2.75) is 273 Å². The third-order valence-electron chi connectivity index (χ3n) is 23.3. The average molecular weight is 1240 g/mol. The summed E-state index contributed by atoms with van der Waals surface area (Å²) in [5.41, 5.74) is -1.46. The molecular weight excluding hydrogens is 1140 g/mol. The van der Waals surface area contributed by atoms with Crippen LogP contribution in [0, 0.1) is 50.2 Å². The fraction of sp³-hybridized carbons (Fsp3) is 0.949. The number of carboxylic acid groups (broad SMARTS) is 1. The maximum atomic E-state index is 12.6. The summed E-state index contributed by atoms with van der Waals surface area (Å²) in [5, 5.41) is 173. The van der Waals surface area contributed by atoms with Gasteiger partial charge in [0.15, 0.2) is 37.6 Å². The van der Waals surface area contributed by atoms with Crippen LogP contribution in [0.4, 0.5) is 0 Å². The van der Waals surface area contributed by atoms with E-state index in [-0.39, 0.29) is 47.2 Å². The highest BCUT2D eigenvalue weighted by Crippen LogP contribution is 2.76. The van der Waals surface area contributed by atoms with Crippen LogP contribution >= 0.6 is 0 Å². The van der Waals surface area contributed by atoms with Crippen LogP contribution in [-0.4, -0.2) is 274 Å². The maximum absolute atomic E-state index is 12.6. The third-order valence-corrected chi connectivity index (χ3v) is 23.3. The van der Waals surface area contributed by atoms with Gasteiger partial charge in [-0.3, -0.25) is 0 Å². The van der Waals surface area contributed by atoms with E-state index < -0.39 is 195 Å². The zero-order valence-corrected chi connectivity index (χ0v) is 50.2. The van der Waals surface area contributed by atoms with Crippen molar-refractivity contribution in [3.05, 3.63) is 11.6 Å². The van der Waals surface area contributed by atoms with Crippen LogP contribution in [0.2, 0.25) is 0 Å². The van der Waals surface area contributed by atoms with Gasteiger partial charge in [0.2, 0.25) is 0 Å². The molecule has 0 spiro atoms. The van der Waals surface area contributed by atoms with E-state index >= 15 is 0 Å². The molecule has 0 amide bonds. The van der Waals surface area contributed by atoms with Crippen molar-refractivity contribution in [1.82, 2.24) is 0 Å². The highest BCUT2D eigenvalue weighted by Gasteiger charge is 2.70. The molecule has 86 heavy (non-hydrogen) atoms. The molecule has 16 N–H and O–H groups in total. The highest BCUT2D eigenvalue weighted by atomic mass is 16.8. The molecular formula is C59H96O27. The van der Waals surface area contributed by atoms with Gasteiger partial charge in [0.05, 0.1) is 44.7 Å². The zero-order chi connectivity index (χ0) is 62.9. The van der Waals surface area contributed by atoms with Crippen molar-refractivity contribution < 1.29 is 134 Å². The molecule has 10 aliphatic rings. The molecule has 0 radical (unpaired) electrons. The maximum Gasteiger partial charge on any atom is 0.335 e. The fourth-order valence-corrected chi connectivity index (χ4v) is 17.8. The van der Waals surface area contributed by atoms with Crippen LogP contribution in [0.25, 0.3) is 0 Å². The number of aliphatic carboxylic acids is 1. The first-order valence-corrected chi connectivity index (χ1v) is 30.7. The lowest BCUT2D eigenvalue weighted by molar-refractivity contribution is -0.396. The summed E-state index contributed by atoms with van der Waals surface area (Å²) in [6.45, 7) is 14.7. The highest BCUT2D eigenvalue weighted by molar-refractivity contribution is 5.73. The third kappa shape index (κ3) is 11.1. The zero-order valence-electron chi connectivity index (χ0n) is 50.2. The molecule has 0 bridgehead atoms. The second-order valence-electron chi connectivity index (χ2n) is 28.8. The smallest absolute Gasteiger partial charge is 0.335 e. The number of rotatable bonds is 14. The molecule has 34 atom stereocenters. The number of aliphatic hydroxyl groups is 15. The lowest BCUT2D eigenvalue weighted by atomic mass is 9.33. The minimum Gasteiger partial charge on any atom is -0.479 e. The molecule has 1 unspecified atom stereocenters. The Morgan fingerprint density at radius 3 is 1.70 bits per heavy atom. The Hall–Kier alpha value is -1.79. The Labute approximate surface area is 499 Å². The minimum absolute atomic E-state index is 0.0183. The predicted octanol–water partition coefficient (Wildman–Crippen LogP) is -3.01. The molecule has 5 aliphatic heterocycles. The summed E-state index contributed by atoms with van der Waals surface area (Å²) in [5.74, 6) is -1.74. The van der Waals surface area contributed by atoms with Gasteiger partial charge in [0.25, 0.3) is 0 Å². The van der Waals surface area contributed by atoms with E-state index in [9.17, 15) is 86.5 Å². The summed E-state index contributed by atoms with van der Waals surface area (Å²) in [6, 6.07) is 0. The Balaban J connectivity index is 0.897. The first-order valence-electron chi connectivity index (χ1n) is 30.7. The van der Waals surface area contributed by atoms with Crippen molar-refractivity contribution in [1.29, 1.82) is 0 Å². The number of ether oxygens (including phenoxy) is 10. The molecule has 9 fully saturated rings. The summed E-state index contributed by atoms with van der Waals surface area (Å²) in [6.07, 6.45) is -33.8.